The number of aromatic nitrogens is 2. The van der Waals surface area contributed by atoms with Gasteiger partial charge in [0.25, 0.3) is 5.91 Å². The van der Waals surface area contributed by atoms with Crippen LogP contribution in [-0.2, 0) is 0 Å². The number of amides is 1. The number of rotatable bonds is 3. The fourth-order valence-corrected chi connectivity index (χ4v) is 2.75. The van der Waals surface area contributed by atoms with E-state index in [9.17, 15) is 9.18 Å². The monoisotopic (exact) mass is 353 g/mol. The molecule has 0 saturated carbocycles. The van der Waals surface area contributed by atoms with Crippen LogP contribution in [0, 0.1) is 12.7 Å². The van der Waals surface area contributed by atoms with Crippen molar-refractivity contribution in [1.29, 1.82) is 0 Å². The quantitative estimate of drug-likeness (QED) is 0.784. The first-order chi connectivity index (χ1) is 12.6. The van der Waals surface area contributed by atoms with Gasteiger partial charge in [0, 0.05) is 17.4 Å². The largest absolute Gasteiger partial charge is 0.486 e. The van der Waals surface area contributed by atoms with Crippen molar-refractivity contribution in [2.75, 3.05) is 18.5 Å². The molecule has 6 nitrogen and oxygen atoms in total. The van der Waals surface area contributed by atoms with Gasteiger partial charge in [-0.2, -0.15) is 5.10 Å². The molecule has 0 spiro atoms. The third-order valence-electron chi connectivity index (χ3n) is 3.99. The number of nitrogens with zero attached hydrogens (tertiary/aromatic N) is 2. The topological polar surface area (TPSA) is 65.4 Å². The van der Waals surface area contributed by atoms with Crippen LogP contribution in [0.15, 0.2) is 48.5 Å². The maximum atomic E-state index is 13.1. The highest BCUT2D eigenvalue weighted by Gasteiger charge is 2.16. The number of anilines is 1. The van der Waals surface area contributed by atoms with E-state index in [4.69, 9.17) is 9.47 Å². The zero-order chi connectivity index (χ0) is 18.1. The Bertz CT molecular complexity index is 967. The average Bonchev–Trinajstić information content (AvgIpc) is 3.04. The molecule has 0 fully saturated rings. The predicted molar refractivity (Wildman–Crippen MR) is 93.6 cm³/mol. The first-order valence-corrected chi connectivity index (χ1v) is 8.14. The van der Waals surface area contributed by atoms with Crippen molar-refractivity contribution in [2.24, 2.45) is 0 Å². The second-order valence-electron chi connectivity index (χ2n) is 5.87. The number of carbonyl (C=O) groups is 1. The van der Waals surface area contributed by atoms with Gasteiger partial charge in [0.1, 0.15) is 19.0 Å². The van der Waals surface area contributed by atoms with Gasteiger partial charge in [0.2, 0.25) is 0 Å². The van der Waals surface area contributed by atoms with Gasteiger partial charge < -0.3 is 14.8 Å². The maximum absolute atomic E-state index is 13.1. The second kappa shape index (κ2) is 6.51. The van der Waals surface area contributed by atoms with Gasteiger partial charge in [-0.1, -0.05) is 0 Å². The number of hydrogen-bond acceptors (Lipinski definition) is 4. The minimum Gasteiger partial charge on any atom is -0.486 e. The first-order valence-electron chi connectivity index (χ1n) is 8.14. The first kappa shape index (κ1) is 16.1. The highest BCUT2D eigenvalue weighted by molar-refractivity contribution is 6.03. The van der Waals surface area contributed by atoms with E-state index in [-0.39, 0.29) is 17.4 Å². The molecule has 0 radical (unpaired) electrons. The third-order valence-corrected chi connectivity index (χ3v) is 3.99. The van der Waals surface area contributed by atoms with Gasteiger partial charge in [0.15, 0.2) is 17.2 Å². The van der Waals surface area contributed by atoms with E-state index in [0.29, 0.717) is 36.1 Å². The molecule has 1 N–H and O–H groups in total. The summed E-state index contributed by atoms with van der Waals surface area (Å²) in [5.41, 5.74) is 2.31. The lowest BCUT2D eigenvalue weighted by molar-refractivity contribution is 0.102. The van der Waals surface area contributed by atoms with E-state index < -0.39 is 0 Å². The SMILES string of the molecule is Cc1cc(C(=O)Nc2ccc3c(c2)OCCO3)nn1-c1ccc(F)cc1. The highest BCUT2D eigenvalue weighted by atomic mass is 19.1. The van der Waals surface area contributed by atoms with E-state index in [2.05, 4.69) is 10.4 Å². The molecule has 0 aliphatic carbocycles. The number of hydrogen-bond donors (Lipinski definition) is 1. The number of ether oxygens (including phenoxy) is 2. The fraction of sp³-hybridized carbons (Fsp3) is 0.158. The van der Waals surface area contributed by atoms with Crippen LogP contribution in [0.25, 0.3) is 5.69 Å². The lowest BCUT2D eigenvalue weighted by Gasteiger charge is -2.18. The summed E-state index contributed by atoms with van der Waals surface area (Å²) in [6, 6.07) is 12.8. The molecule has 2 aromatic carbocycles. The van der Waals surface area contributed by atoms with Crippen molar-refractivity contribution >= 4 is 11.6 Å². The number of carbonyl (C=O) groups excluding carboxylic acids is 1. The summed E-state index contributed by atoms with van der Waals surface area (Å²) in [4.78, 5) is 12.5. The van der Waals surface area contributed by atoms with Crippen LogP contribution in [0.3, 0.4) is 0 Å². The number of halogens is 1. The van der Waals surface area contributed by atoms with E-state index in [0.717, 1.165) is 5.69 Å². The molecule has 7 heteroatoms. The molecule has 1 amide bonds. The minimum atomic E-state index is -0.342. The van der Waals surface area contributed by atoms with Crippen molar-refractivity contribution in [3.8, 4) is 17.2 Å². The summed E-state index contributed by atoms with van der Waals surface area (Å²) >= 11 is 0. The average molecular weight is 353 g/mol. The molecule has 132 valence electrons. The van der Waals surface area contributed by atoms with Crippen molar-refractivity contribution < 1.29 is 18.7 Å². The number of benzene rings is 2. The van der Waals surface area contributed by atoms with E-state index in [1.54, 1.807) is 41.1 Å². The normalized spacial score (nSPS) is 12.7. The van der Waals surface area contributed by atoms with E-state index >= 15 is 0 Å². The van der Waals surface area contributed by atoms with Crippen LogP contribution in [0.2, 0.25) is 0 Å². The molecule has 0 saturated heterocycles. The number of fused-ring (bicyclic) bond motifs is 1. The Labute approximate surface area is 149 Å². The Morgan fingerprint density at radius 2 is 1.81 bits per heavy atom. The van der Waals surface area contributed by atoms with Crippen LogP contribution >= 0.6 is 0 Å². The van der Waals surface area contributed by atoms with Gasteiger partial charge in [-0.15, -0.1) is 0 Å². The number of nitrogens with one attached hydrogen (secondary N) is 1. The molecule has 0 atom stereocenters. The summed E-state index contributed by atoms with van der Waals surface area (Å²) in [5.74, 6) is 0.591. The third kappa shape index (κ3) is 3.11. The van der Waals surface area contributed by atoms with E-state index in [1.807, 2.05) is 6.92 Å². The second-order valence-corrected chi connectivity index (χ2v) is 5.87. The Balaban J connectivity index is 1.55. The van der Waals surface area contributed by atoms with Gasteiger partial charge >= 0.3 is 0 Å². The Morgan fingerprint density at radius 3 is 2.58 bits per heavy atom. The molecule has 26 heavy (non-hydrogen) atoms. The van der Waals surface area contributed by atoms with Gasteiger partial charge in [0.05, 0.1) is 5.69 Å². The molecule has 3 aromatic rings. The molecule has 4 rings (SSSR count). The Hall–Kier alpha value is -3.35. The van der Waals surface area contributed by atoms with E-state index in [1.165, 1.54) is 12.1 Å². The fourth-order valence-electron chi connectivity index (χ4n) is 2.75. The van der Waals surface area contributed by atoms with Crippen LogP contribution in [0.1, 0.15) is 16.2 Å². The summed E-state index contributed by atoms with van der Waals surface area (Å²) < 4.78 is 25.7. The van der Waals surface area contributed by atoms with Crippen LogP contribution in [-0.4, -0.2) is 28.9 Å². The van der Waals surface area contributed by atoms with Gasteiger partial charge in [-0.3, -0.25) is 4.79 Å². The number of aryl methyl sites for hydroxylation is 1. The van der Waals surface area contributed by atoms with Gasteiger partial charge in [-0.05, 0) is 49.4 Å². The molecule has 1 aliphatic heterocycles. The lowest BCUT2D eigenvalue weighted by Crippen LogP contribution is -2.16. The van der Waals surface area contributed by atoms with Crippen LogP contribution in [0.5, 0.6) is 11.5 Å². The molecule has 0 unspecified atom stereocenters. The maximum Gasteiger partial charge on any atom is 0.276 e. The molecule has 1 aliphatic rings. The zero-order valence-electron chi connectivity index (χ0n) is 14.0. The van der Waals surface area contributed by atoms with Crippen molar-refractivity contribution in [3.63, 3.8) is 0 Å². The molecule has 2 heterocycles. The summed E-state index contributed by atoms with van der Waals surface area (Å²) in [7, 11) is 0. The standard InChI is InChI=1S/C19H16FN3O3/c1-12-10-16(22-23(12)15-5-2-13(20)3-6-15)19(24)21-14-4-7-17-18(11-14)26-9-8-25-17/h2-7,10-11H,8-9H2,1H3,(H,21,24). The molecule has 0 bridgehead atoms. The zero-order valence-corrected chi connectivity index (χ0v) is 14.0. The lowest BCUT2D eigenvalue weighted by atomic mass is 10.2. The van der Waals surface area contributed by atoms with Crippen molar-refractivity contribution in [2.45, 2.75) is 6.92 Å². The molecular formula is C19H16FN3O3. The van der Waals surface area contributed by atoms with Gasteiger partial charge in [-0.25, -0.2) is 9.07 Å². The Morgan fingerprint density at radius 1 is 1.08 bits per heavy atom. The van der Waals surface area contributed by atoms with Crippen LogP contribution < -0.4 is 14.8 Å². The molecular weight excluding hydrogens is 337 g/mol. The molecule has 1 aromatic heterocycles. The Kier molecular flexibility index (Phi) is 4.04. The summed E-state index contributed by atoms with van der Waals surface area (Å²) in [6.45, 7) is 2.82. The minimum absolute atomic E-state index is 0.265. The smallest absolute Gasteiger partial charge is 0.276 e. The highest BCUT2D eigenvalue weighted by Crippen LogP contribution is 2.32. The predicted octanol–water partition coefficient (Wildman–Crippen LogP) is 3.34. The van der Waals surface area contributed by atoms with Crippen LogP contribution in [0.4, 0.5) is 10.1 Å². The van der Waals surface area contributed by atoms with Crippen molar-refractivity contribution in [3.05, 3.63) is 65.7 Å². The summed E-state index contributed by atoms with van der Waals surface area (Å²) in [5, 5.41) is 7.12. The van der Waals surface area contributed by atoms with Crippen molar-refractivity contribution in [1.82, 2.24) is 9.78 Å². The summed E-state index contributed by atoms with van der Waals surface area (Å²) in [6.07, 6.45) is 0.